The highest BCUT2D eigenvalue weighted by Gasteiger charge is 2.31. The van der Waals surface area contributed by atoms with Gasteiger partial charge in [-0.25, -0.2) is 0 Å². The summed E-state index contributed by atoms with van der Waals surface area (Å²) < 4.78 is 21.9. The summed E-state index contributed by atoms with van der Waals surface area (Å²) in [7, 11) is 1.59. The molecule has 1 N–H and O–H groups in total. The summed E-state index contributed by atoms with van der Waals surface area (Å²) in [5, 5.41) is 2.77. The predicted octanol–water partition coefficient (Wildman–Crippen LogP) is 2.98. The van der Waals surface area contributed by atoms with Gasteiger partial charge in [0.15, 0.2) is 17.8 Å². The normalized spacial score (nSPS) is 14.3. The monoisotopic (exact) mass is 440 g/mol. The van der Waals surface area contributed by atoms with Crippen LogP contribution in [0.4, 0.5) is 5.69 Å². The summed E-state index contributed by atoms with van der Waals surface area (Å²) in [5.41, 5.74) is 1.31. The molecule has 32 heavy (non-hydrogen) atoms. The van der Waals surface area contributed by atoms with Gasteiger partial charge in [0.25, 0.3) is 5.91 Å². The Hall–Kier alpha value is -3.36. The standard InChI is InChI=1S/C24H28N2O6/c1-4-30-23(31-5-2)15-25-22(27)16-26-19-8-6-7-9-20(19)32-21(24(26)28)14-17-10-12-18(29-3)13-11-17/h6-14,23H,4-5,15-16H2,1-3H3,(H,25,27)/b21-14+. The van der Waals surface area contributed by atoms with Crippen LogP contribution in [0.5, 0.6) is 11.5 Å². The summed E-state index contributed by atoms with van der Waals surface area (Å²) in [4.78, 5) is 27.2. The zero-order valence-electron chi connectivity index (χ0n) is 18.5. The van der Waals surface area contributed by atoms with E-state index in [-0.39, 0.29) is 24.8 Å². The van der Waals surface area contributed by atoms with Crippen molar-refractivity contribution in [1.29, 1.82) is 0 Å². The maximum Gasteiger partial charge on any atom is 0.294 e. The SMILES string of the molecule is CCOC(CNC(=O)CN1C(=O)/C(=C\c2ccc(OC)cc2)Oc2ccccc21)OCC. The molecule has 1 aliphatic heterocycles. The van der Waals surface area contributed by atoms with Crippen LogP contribution < -0.4 is 19.7 Å². The van der Waals surface area contributed by atoms with Crippen molar-refractivity contribution in [3.8, 4) is 11.5 Å². The van der Waals surface area contributed by atoms with Crippen molar-refractivity contribution in [2.24, 2.45) is 0 Å². The van der Waals surface area contributed by atoms with Gasteiger partial charge in [0.1, 0.15) is 12.3 Å². The molecular weight excluding hydrogens is 412 g/mol. The molecule has 0 aromatic heterocycles. The molecule has 8 heteroatoms. The summed E-state index contributed by atoms with van der Waals surface area (Å²) in [6.45, 7) is 4.67. The van der Waals surface area contributed by atoms with E-state index in [1.165, 1.54) is 4.90 Å². The lowest BCUT2D eigenvalue weighted by Gasteiger charge is -2.30. The van der Waals surface area contributed by atoms with Crippen LogP contribution in [-0.4, -0.2) is 51.5 Å². The van der Waals surface area contributed by atoms with E-state index >= 15 is 0 Å². The number of nitrogens with zero attached hydrogens (tertiary/aromatic N) is 1. The van der Waals surface area contributed by atoms with Gasteiger partial charge in [0, 0.05) is 13.2 Å². The Balaban J connectivity index is 1.77. The molecule has 1 aliphatic rings. The second-order valence-corrected chi connectivity index (χ2v) is 6.89. The van der Waals surface area contributed by atoms with Crippen molar-refractivity contribution >= 4 is 23.6 Å². The third kappa shape index (κ3) is 5.87. The van der Waals surface area contributed by atoms with Crippen molar-refractivity contribution in [3.05, 3.63) is 59.9 Å². The van der Waals surface area contributed by atoms with Crippen LogP contribution in [0.3, 0.4) is 0 Å². The topological polar surface area (TPSA) is 86.3 Å². The van der Waals surface area contributed by atoms with E-state index < -0.39 is 12.2 Å². The van der Waals surface area contributed by atoms with Gasteiger partial charge in [0.05, 0.1) is 19.3 Å². The molecule has 0 unspecified atom stereocenters. The quantitative estimate of drug-likeness (QED) is 0.452. The number of benzene rings is 2. The molecule has 0 radical (unpaired) electrons. The number of ether oxygens (including phenoxy) is 4. The minimum absolute atomic E-state index is 0.128. The number of methoxy groups -OCH3 is 1. The fourth-order valence-corrected chi connectivity index (χ4v) is 3.21. The summed E-state index contributed by atoms with van der Waals surface area (Å²) in [6.07, 6.45) is 1.11. The molecule has 0 saturated heterocycles. The number of nitrogens with one attached hydrogen (secondary N) is 1. The lowest BCUT2D eigenvalue weighted by atomic mass is 10.1. The van der Waals surface area contributed by atoms with Crippen LogP contribution in [0.1, 0.15) is 19.4 Å². The predicted molar refractivity (Wildman–Crippen MR) is 120 cm³/mol. The molecule has 2 aromatic rings. The molecular formula is C24H28N2O6. The van der Waals surface area contributed by atoms with Gasteiger partial charge in [-0.15, -0.1) is 0 Å². The van der Waals surface area contributed by atoms with Crippen molar-refractivity contribution in [2.75, 3.05) is 38.3 Å². The number of fused-ring (bicyclic) bond motifs is 1. The molecule has 170 valence electrons. The van der Waals surface area contributed by atoms with Gasteiger partial charge in [0.2, 0.25) is 5.91 Å². The number of anilines is 1. The van der Waals surface area contributed by atoms with Crippen LogP contribution in [0.2, 0.25) is 0 Å². The van der Waals surface area contributed by atoms with Crippen LogP contribution in [0.15, 0.2) is 54.3 Å². The largest absolute Gasteiger partial charge is 0.497 e. The third-order valence-corrected chi connectivity index (χ3v) is 4.72. The number of carbonyl (C=O) groups excluding carboxylic acids is 2. The van der Waals surface area contributed by atoms with Crippen LogP contribution in [0, 0.1) is 0 Å². The average molecular weight is 440 g/mol. The Kier molecular flexibility index (Phi) is 8.24. The van der Waals surface area contributed by atoms with Gasteiger partial charge in [-0.1, -0.05) is 24.3 Å². The number of hydrogen-bond acceptors (Lipinski definition) is 6. The van der Waals surface area contributed by atoms with E-state index in [2.05, 4.69) is 5.32 Å². The molecule has 0 saturated carbocycles. The summed E-state index contributed by atoms with van der Waals surface area (Å²) in [6, 6.07) is 14.3. The number of amides is 2. The molecule has 0 bridgehead atoms. The van der Waals surface area contributed by atoms with E-state index in [1.54, 1.807) is 43.5 Å². The number of para-hydroxylation sites is 2. The van der Waals surface area contributed by atoms with Crippen LogP contribution in [0.25, 0.3) is 6.08 Å². The van der Waals surface area contributed by atoms with Crippen LogP contribution >= 0.6 is 0 Å². The highest BCUT2D eigenvalue weighted by Crippen LogP contribution is 2.35. The van der Waals surface area contributed by atoms with Gasteiger partial charge in [-0.2, -0.15) is 0 Å². The second kappa shape index (κ2) is 11.3. The van der Waals surface area contributed by atoms with Crippen molar-refractivity contribution < 1.29 is 28.5 Å². The van der Waals surface area contributed by atoms with E-state index in [4.69, 9.17) is 18.9 Å². The fourth-order valence-electron chi connectivity index (χ4n) is 3.21. The maximum atomic E-state index is 13.2. The fraction of sp³-hybridized carbons (Fsp3) is 0.333. The average Bonchev–Trinajstić information content (AvgIpc) is 2.81. The van der Waals surface area contributed by atoms with Crippen molar-refractivity contribution in [1.82, 2.24) is 5.32 Å². The maximum absolute atomic E-state index is 13.2. The smallest absolute Gasteiger partial charge is 0.294 e. The van der Waals surface area contributed by atoms with E-state index in [1.807, 2.05) is 32.0 Å². The molecule has 0 spiro atoms. The molecule has 2 amide bonds. The van der Waals surface area contributed by atoms with Crippen LogP contribution in [-0.2, 0) is 19.1 Å². The number of rotatable bonds is 10. The Labute approximate surface area is 187 Å². The highest BCUT2D eigenvalue weighted by atomic mass is 16.7. The summed E-state index contributed by atoms with van der Waals surface area (Å²) >= 11 is 0. The minimum Gasteiger partial charge on any atom is -0.497 e. The first-order chi connectivity index (χ1) is 15.5. The van der Waals surface area contributed by atoms with E-state index in [0.717, 1.165) is 5.56 Å². The second-order valence-electron chi connectivity index (χ2n) is 6.89. The molecule has 2 aromatic carbocycles. The summed E-state index contributed by atoms with van der Waals surface area (Å²) in [5.74, 6) is 0.609. The first-order valence-electron chi connectivity index (χ1n) is 10.5. The first-order valence-corrected chi connectivity index (χ1v) is 10.5. The Morgan fingerprint density at radius 1 is 1.09 bits per heavy atom. The lowest BCUT2D eigenvalue weighted by Crippen LogP contribution is -2.46. The van der Waals surface area contributed by atoms with E-state index in [9.17, 15) is 9.59 Å². The molecule has 0 fully saturated rings. The lowest BCUT2D eigenvalue weighted by molar-refractivity contribution is -0.140. The molecule has 8 nitrogen and oxygen atoms in total. The van der Waals surface area contributed by atoms with E-state index in [0.29, 0.717) is 30.4 Å². The zero-order valence-corrected chi connectivity index (χ0v) is 18.5. The van der Waals surface area contributed by atoms with Gasteiger partial charge in [-0.05, 0) is 49.8 Å². The Morgan fingerprint density at radius 2 is 1.78 bits per heavy atom. The molecule has 0 atom stereocenters. The third-order valence-electron chi connectivity index (χ3n) is 4.72. The highest BCUT2D eigenvalue weighted by molar-refractivity contribution is 6.12. The van der Waals surface area contributed by atoms with Crippen molar-refractivity contribution in [3.63, 3.8) is 0 Å². The van der Waals surface area contributed by atoms with Gasteiger partial charge >= 0.3 is 0 Å². The zero-order chi connectivity index (χ0) is 22.9. The molecule has 1 heterocycles. The molecule has 0 aliphatic carbocycles. The van der Waals surface area contributed by atoms with Gasteiger partial charge in [-0.3, -0.25) is 14.5 Å². The Morgan fingerprint density at radius 3 is 2.44 bits per heavy atom. The minimum atomic E-state index is -0.535. The van der Waals surface area contributed by atoms with Crippen molar-refractivity contribution in [2.45, 2.75) is 20.1 Å². The first kappa shape index (κ1) is 23.3. The number of carbonyl (C=O) groups is 2. The number of hydrogen-bond donors (Lipinski definition) is 1. The van der Waals surface area contributed by atoms with Gasteiger partial charge < -0.3 is 24.3 Å². The Bertz CT molecular complexity index is 951. The molecule has 3 rings (SSSR count).